The van der Waals surface area contributed by atoms with Gasteiger partial charge in [-0.3, -0.25) is 0 Å². The van der Waals surface area contributed by atoms with Crippen LogP contribution in [0.5, 0.6) is 0 Å². The second-order valence-electron chi connectivity index (χ2n) is 3.55. The molecule has 4 nitrogen and oxygen atoms in total. The number of ether oxygens (including phenoxy) is 1. The van der Waals surface area contributed by atoms with Crippen LogP contribution in [0.2, 0.25) is 0 Å². The van der Waals surface area contributed by atoms with Crippen LogP contribution in [-0.2, 0) is 4.74 Å². The van der Waals surface area contributed by atoms with Crippen molar-refractivity contribution in [1.82, 2.24) is 4.98 Å². The van der Waals surface area contributed by atoms with Crippen molar-refractivity contribution in [3.63, 3.8) is 0 Å². The van der Waals surface area contributed by atoms with E-state index in [4.69, 9.17) is 4.74 Å². The number of hydroxylamine groups is 1. The number of hydrogen-bond donors (Lipinski definition) is 0. The number of allylic oxidation sites excluding steroid dienone is 1. The first kappa shape index (κ1) is 17.0. The fourth-order valence-electron chi connectivity index (χ4n) is 1.11. The lowest BCUT2D eigenvalue weighted by molar-refractivity contribution is -0.455. The lowest BCUT2D eigenvalue weighted by Gasteiger charge is -2.01. The number of hydrogen-bond acceptors (Lipinski definition) is 5. The topological polar surface area (TPSA) is 48.2 Å². The van der Waals surface area contributed by atoms with Crippen LogP contribution >= 0.6 is 23.1 Å². The summed E-state index contributed by atoms with van der Waals surface area (Å²) in [5, 5.41) is 11.4. The van der Waals surface area contributed by atoms with Gasteiger partial charge >= 0.3 is 6.08 Å². The summed E-state index contributed by atoms with van der Waals surface area (Å²) >= 11 is 2.41. The fourth-order valence-corrected chi connectivity index (χ4v) is 3.05. The summed E-state index contributed by atoms with van der Waals surface area (Å²) in [5.74, 6) is -1.23. The van der Waals surface area contributed by atoms with Crippen molar-refractivity contribution >= 4 is 29.3 Å². The van der Waals surface area contributed by atoms with Crippen molar-refractivity contribution in [3.05, 3.63) is 28.2 Å². The molecule has 0 bridgehead atoms. The highest BCUT2D eigenvalue weighted by atomic mass is 32.2. The maximum atomic E-state index is 12.6. The average molecular weight is 326 g/mol. The second kappa shape index (κ2) is 8.98. The van der Waals surface area contributed by atoms with Crippen molar-refractivity contribution in [3.8, 4) is 0 Å². The molecule has 0 atom stereocenters. The van der Waals surface area contributed by atoms with E-state index in [9.17, 15) is 18.4 Å². The average Bonchev–Trinajstić information content (AvgIpc) is 2.83. The van der Waals surface area contributed by atoms with Crippen LogP contribution in [0.4, 0.5) is 13.2 Å². The monoisotopic (exact) mass is 326 g/mol. The van der Waals surface area contributed by atoms with Gasteiger partial charge in [0.05, 0.1) is 6.20 Å². The van der Waals surface area contributed by atoms with E-state index in [2.05, 4.69) is 4.98 Å². The zero-order valence-electron chi connectivity index (χ0n) is 10.6. The third-order valence-corrected chi connectivity index (χ3v) is 4.13. The molecule has 0 aliphatic heterocycles. The summed E-state index contributed by atoms with van der Waals surface area (Å²) in [5.41, 5.74) is 0. The summed E-state index contributed by atoms with van der Waals surface area (Å²) in [6.07, 6.45) is 0.265. The smallest absolute Gasteiger partial charge is 0.301 e. The van der Waals surface area contributed by atoms with Crippen LogP contribution in [0.15, 0.2) is 22.4 Å². The van der Waals surface area contributed by atoms with E-state index in [1.165, 1.54) is 42.6 Å². The minimum atomic E-state index is -2.28. The molecular weight excluding hydrogens is 313 g/mol. The second-order valence-corrected chi connectivity index (χ2v) is 5.96. The minimum absolute atomic E-state index is 0.168. The van der Waals surface area contributed by atoms with Crippen molar-refractivity contribution in [2.24, 2.45) is 0 Å². The Morgan fingerprint density at radius 2 is 2.30 bits per heavy atom. The Balaban J connectivity index is 2.45. The number of thioether (sulfide) groups is 1. The summed E-state index contributed by atoms with van der Waals surface area (Å²) in [7, 11) is 1.50. The summed E-state index contributed by atoms with van der Waals surface area (Å²) < 4.78 is 42.3. The molecule has 1 aromatic rings. The predicted octanol–water partition coefficient (Wildman–Crippen LogP) is 3.28. The van der Waals surface area contributed by atoms with Gasteiger partial charge in [-0.05, 0) is 0 Å². The first-order chi connectivity index (χ1) is 9.52. The molecule has 0 aliphatic carbocycles. The molecule has 0 saturated heterocycles. The molecule has 0 aromatic carbocycles. The van der Waals surface area contributed by atoms with Crippen LogP contribution in [0, 0.1) is 5.21 Å². The summed E-state index contributed by atoms with van der Waals surface area (Å²) in [6, 6.07) is 0. The molecule has 0 unspecified atom stereocenters. The lowest BCUT2D eigenvalue weighted by atomic mass is 10.4. The number of methoxy groups -OCH3 is 1. The van der Waals surface area contributed by atoms with Gasteiger partial charge in [0.2, 0.25) is 0 Å². The third kappa shape index (κ3) is 6.40. The minimum Gasteiger partial charge on any atom is -0.624 e. The number of nitrogens with zero attached hydrogens (tertiary/aromatic N) is 2. The van der Waals surface area contributed by atoms with Gasteiger partial charge in [0.1, 0.15) is 11.5 Å². The molecule has 0 saturated carbocycles. The summed E-state index contributed by atoms with van der Waals surface area (Å²) in [6.45, 7) is 0.531. The van der Waals surface area contributed by atoms with Gasteiger partial charge in [-0.2, -0.15) is 8.78 Å². The van der Waals surface area contributed by atoms with Gasteiger partial charge in [0, 0.05) is 19.3 Å². The highest BCUT2D eigenvalue weighted by Crippen LogP contribution is 2.26. The Morgan fingerprint density at radius 3 is 2.95 bits per heavy atom. The van der Waals surface area contributed by atoms with Gasteiger partial charge in [-0.15, -0.1) is 11.3 Å². The molecule has 1 heterocycles. The van der Waals surface area contributed by atoms with Crippen LogP contribution in [0.25, 0.3) is 0 Å². The Morgan fingerprint density at radius 1 is 1.55 bits per heavy atom. The van der Waals surface area contributed by atoms with Gasteiger partial charge in [-0.1, -0.05) is 11.8 Å². The molecule has 0 spiro atoms. The maximum Gasteiger partial charge on any atom is 0.301 e. The zero-order chi connectivity index (χ0) is 15.0. The molecule has 9 heteroatoms. The van der Waals surface area contributed by atoms with Crippen LogP contribution in [0.1, 0.15) is 11.3 Å². The zero-order valence-corrected chi connectivity index (χ0v) is 12.3. The fraction of sp³-hybridized carbons (Fsp3) is 0.455. The van der Waals surface area contributed by atoms with E-state index in [1.807, 2.05) is 0 Å². The molecule has 0 aliphatic rings. The van der Waals surface area contributed by atoms with Gasteiger partial charge in [-0.25, -0.2) is 14.1 Å². The number of aromatic nitrogens is 1. The first-order valence-electron chi connectivity index (χ1n) is 5.58. The maximum absolute atomic E-state index is 12.6. The largest absolute Gasteiger partial charge is 0.624 e. The van der Waals surface area contributed by atoms with Crippen molar-refractivity contribution < 1.29 is 22.6 Å². The Labute approximate surface area is 122 Å². The molecule has 112 valence electrons. The first-order valence-corrected chi connectivity index (χ1v) is 7.39. The Hall–Kier alpha value is -1.06. The number of thiazole rings is 1. The van der Waals surface area contributed by atoms with Gasteiger partial charge in [0.25, 0.3) is 0 Å². The normalized spacial score (nSPS) is 11.7. The van der Waals surface area contributed by atoms with Gasteiger partial charge < -0.3 is 9.94 Å². The van der Waals surface area contributed by atoms with E-state index in [-0.39, 0.29) is 18.7 Å². The highest BCUT2D eigenvalue weighted by molar-refractivity contribution is 8.01. The SMILES string of the molecule is COCC/[N+]([O-])=C/c1cnc(SCCC(F)=C(F)F)s1. The molecule has 1 rings (SSSR count). The highest BCUT2D eigenvalue weighted by Gasteiger charge is 2.08. The third-order valence-electron chi connectivity index (χ3n) is 2.04. The van der Waals surface area contributed by atoms with E-state index in [0.717, 1.165) is 4.74 Å². The standard InChI is InChI=1S/C11H13F3N2O2S2/c1-18-4-3-16(17)7-8-6-15-11(20-8)19-5-2-9(12)10(13)14/h6-7H,2-5H2,1H3/b16-7-. The van der Waals surface area contributed by atoms with E-state index in [0.29, 0.717) is 15.8 Å². The number of halogens is 3. The lowest BCUT2D eigenvalue weighted by Crippen LogP contribution is -2.11. The van der Waals surface area contributed by atoms with Crippen molar-refractivity contribution in [2.75, 3.05) is 26.0 Å². The molecule has 1 aromatic heterocycles. The molecule has 0 fully saturated rings. The molecule has 0 N–H and O–H groups in total. The molecule has 0 radical (unpaired) electrons. The van der Waals surface area contributed by atoms with E-state index < -0.39 is 11.9 Å². The van der Waals surface area contributed by atoms with E-state index in [1.54, 1.807) is 0 Å². The van der Waals surface area contributed by atoms with Crippen LogP contribution in [-0.4, -0.2) is 42.0 Å². The quantitative estimate of drug-likeness (QED) is 0.242. The van der Waals surface area contributed by atoms with Gasteiger partial charge in [0.15, 0.2) is 22.9 Å². The Kier molecular flexibility index (Phi) is 7.63. The van der Waals surface area contributed by atoms with Crippen molar-refractivity contribution in [1.29, 1.82) is 0 Å². The van der Waals surface area contributed by atoms with Crippen LogP contribution in [0.3, 0.4) is 0 Å². The Bertz CT molecular complexity index is 488. The molecule has 20 heavy (non-hydrogen) atoms. The van der Waals surface area contributed by atoms with E-state index >= 15 is 0 Å². The van der Waals surface area contributed by atoms with Crippen molar-refractivity contribution in [2.45, 2.75) is 10.8 Å². The summed E-state index contributed by atoms with van der Waals surface area (Å²) in [4.78, 5) is 4.66. The molecule has 0 amide bonds. The molecular formula is C11H13F3N2O2S2. The number of rotatable bonds is 8. The van der Waals surface area contributed by atoms with Crippen LogP contribution < -0.4 is 0 Å². The predicted molar refractivity (Wildman–Crippen MR) is 73.3 cm³/mol.